The topological polar surface area (TPSA) is 29.5 Å². The van der Waals surface area contributed by atoms with Crippen molar-refractivity contribution in [1.29, 1.82) is 0 Å². The van der Waals surface area contributed by atoms with Crippen molar-refractivity contribution in [1.82, 2.24) is 0 Å². The summed E-state index contributed by atoms with van der Waals surface area (Å²) < 4.78 is 6.12. The molecule has 0 aliphatic heterocycles. The van der Waals surface area contributed by atoms with Crippen molar-refractivity contribution >= 4 is 0 Å². The molecule has 1 saturated carbocycles. The average molecular weight is 248 g/mol. The summed E-state index contributed by atoms with van der Waals surface area (Å²) in [6.45, 7) is 3.85. The van der Waals surface area contributed by atoms with Gasteiger partial charge in [-0.2, -0.15) is 0 Å². The smallest absolute Gasteiger partial charge is 0.122 e. The Balaban J connectivity index is 2.04. The molecule has 0 amide bonds. The summed E-state index contributed by atoms with van der Waals surface area (Å²) >= 11 is 0. The molecule has 2 nitrogen and oxygen atoms in total. The van der Waals surface area contributed by atoms with Gasteiger partial charge in [-0.1, -0.05) is 18.9 Å². The number of ether oxygens (including phenoxy) is 1. The summed E-state index contributed by atoms with van der Waals surface area (Å²) in [6.07, 6.45) is 7.60. The molecule has 100 valence electrons. The molecule has 0 bridgehead atoms. The van der Waals surface area contributed by atoms with E-state index in [1.165, 1.54) is 38.5 Å². The van der Waals surface area contributed by atoms with Gasteiger partial charge in [0, 0.05) is 0 Å². The molecule has 0 spiro atoms. The molecule has 1 aromatic carbocycles. The highest BCUT2D eigenvalue weighted by molar-refractivity contribution is 5.37. The van der Waals surface area contributed by atoms with Crippen LogP contribution < -0.4 is 4.74 Å². The molecule has 1 fully saturated rings. The molecular formula is C16H24O2. The number of rotatable bonds is 3. The molecule has 0 aromatic heterocycles. The molecule has 1 unspecified atom stereocenters. The van der Waals surface area contributed by atoms with E-state index in [4.69, 9.17) is 4.74 Å². The van der Waals surface area contributed by atoms with E-state index in [-0.39, 0.29) is 0 Å². The van der Waals surface area contributed by atoms with Crippen molar-refractivity contribution in [2.24, 2.45) is 0 Å². The quantitative estimate of drug-likeness (QED) is 0.814. The third-order valence-corrected chi connectivity index (χ3v) is 3.78. The van der Waals surface area contributed by atoms with Gasteiger partial charge in [0.25, 0.3) is 0 Å². The molecule has 1 N–H and O–H groups in total. The Morgan fingerprint density at radius 3 is 2.39 bits per heavy atom. The maximum absolute atomic E-state index is 9.56. The highest BCUT2D eigenvalue weighted by Gasteiger charge is 2.15. The van der Waals surface area contributed by atoms with E-state index >= 15 is 0 Å². The van der Waals surface area contributed by atoms with Crippen LogP contribution in [0.2, 0.25) is 0 Å². The molecule has 0 heterocycles. The zero-order valence-corrected chi connectivity index (χ0v) is 11.5. The number of benzene rings is 1. The van der Waals surface area contributed by atoms with Crippen LogP contribution in [0.4, 0.5) is 0 Å². The van der Waals surface area contributed by atoms with Crippen LogP contribution in [0.5, 0.6) is 5.75 Å². The van der Waals surface area contributed by atoms with Crippen molar-refractivity contribution in [2.75, 3.05) is 0 Å². The highest BCUT2D eigenvalue weighted by atomic mass is 16.5. The van der Waals surface area contributed by atoms with Crippen molar-refractivity contribution < 1.29 is 9.84 Å². The van der Waals surface area contributed by atoms with Gasteiger partial charge in [-0.15, -0.1) is 0 Å². The number of aryl methyl sites for hydroxylation is 1. The number of aliphatic hydroxyl groups excluding tert-OH is 1. The second-order valence-corrected chi connectivity index (χ2v) is 5.43. The minimum absolute atomic E-state index is 0.378. The largest absolute Gasteiger partial charge is 0.490 e. The molecule has 2 heteroatoms. The van der Waals surface area contributed by atoms with E-state index in [1.807, 2.05) is 18.2 Å². The molecule has 0 radical (unpaired) electrons. The van der Waals surface area contributed by atoms with Crippen LogP contribution in [0.15, 0.2) is 18.2 Å². The molecular weight excluding hydrogens is 224 g/mol. The second-order valence-electron chi connectivity index (χ2n) is 5.43. The summed E-state index contributed by atoms with van der Waals surface area (Å²) in [5.41, 5.74) is 2.08. The third kappa shape index (κ3) is 3.49. The minimum Gasteiger partial charge on any atom is -0.490 e. The van der Waals surface area contributed by atoms with Gasteiger partial charge in [0.2, 0.25) is 0 Å². The molecule has 1 aromatic rings. The van der Waals surface area contributed by atoms with E-state index in [2.05, 4.69) is 6.92 Å². The number of hydrogen-bond donors (Lipinski definition) is 1. The van der Waals surface area contributed by atoms with Crippen LogP contribution in [-0.4, -0.2) is 11.2 Å². The minimum atomic E-state index is -0.407. The summed E-state index contributed by atoms with van der Waals surface area (Å²) in [5, 5.41) is 9.56. The predicted molar refractivity (Wildman–Crippen MR) is 73.9 cm³/mol. The Morgan fingerprint density at radius 1 is 1.17 bits per heavy atom. The summed E-state index contributed by atoms with van der Waals surface area (Å²) in [7, 11) is 0. The molecule has 1 atom stereocenters. The first-order valence-corrected chi connectivity index (χ1v) is 7.12. The van der Waals surface area contributed by atoms with Gasteiger partial charge in [0.1, 0.15) is 5.75 Å². The van der Waals surface area contributed by atoms with E-state index in [0.29, 0.717) is 6.10 Å². The maximum atomic E-state index is 9.56. The molecule has 1 aliphatic rings. The van der Waals surface area contributed by atoms with Crippen LogP contribution >= 0.6 is 0 Å². The van der Waals surface area contributed by atoms with Crippen molar-refractivity contribution in [3.63, 3.8) is 0 Å². The van der Waals surface area contributed by atoms with Gasteiger partial charge in [0.05, 0.1) is 12.2 Å². The maximum Gasteiger partial charge on any atom is 0.122 e. The SMILES string of the molecule is Cc1cc(C(C)O)ccc1OC1CCCCCC1. The standard InChI is InChI=1S/C16H24O2/c1-12-11-14(13(2)17)9-10-16(12)18-15-7-5-3-4-6-8-15/h9-11,13,15,17H,3-8H2,1-2H3. The van der Waals surface area contributed by atoms with Gasteiger partial charge in [-0.3, -0.25) is 0 Å². The van der Waals surface area contributed by atoms with Crippen LogP contribution in [0.3, 0.4) is 0 Å². The van der Waals surface area contributed by atoms with Crippen LogP contribution in [0, 0.1) is 6.92 Å². The Bertz CT molecular complexity index is 377. The van der Waals surface area contributed by atoms with Crippen molar-refractivity contribution in [3.8, 4) is 5.75 Å². The van der Waals surface area contributed by atoms with Gasteiger partial charge >= 0.3 is 0 Å². The third-order valence-electron chi connectivity index (χ3n) is 3.78. The average Bonchev–Trinajstić information content (AvgIpc) is 2.60. The fourth-order valence-electron chi connectivity index (χ4n) is 2.60. The zero-order chi connectivity index (χ0) is 13.0. The highest BCUT2D eigenvalue weighted by Crippen LogP contribution is 2.27. The van der Waals surface area contributed by atoms with Crippen LogP contribution in [-0.2, 0) is 0 Å². The van der Waals surface area contributed by atoms with E-state index in [9.17, 15) is 5.11 Å². The monoisotopic (exact) mass is 248 g/mol. The second kappa shape index (κ2) is 6.24. The Hall–Kier alpha value is -1.02. The van der Waals surface area contributed by atoms with Gasteiger partial charge in [-0.05, 0) is 62.8 Å². The molecule has 1 aliphatic carbocycles. The Morgan fingerprint density at radius 2 is 1.83 bits per heavy atom. The van der Waals surface area contributed by atoms with Crippen molar-refractivity contribution in [2.45, 2.75) is 64.6 Å². The lowest BCUT2D eigenvalue weighted by Gasteiger charge is -2.19. The first kappa shape index (κ1) is 13.4. The normalized spacial score (nSPS) is 19.3. The van der Waals surface area contributed by atoms with Gasteiger partial charge in [0.15, 0.2) is 0 Å². The lowest BCUT2D eigenvalue weighted by atomic mass is 10.1. The lowest BCUT2D eigenvalue weighted by molar-refractivity contribution is 0.181. The molecule has 2 rings (SSSR count). The van der Waals surface area contributed by atoms with E-state index in [1.54, 1.807) is 6.92 Å². The zero-order valence-electron chi connectivity index (χ0n) is 11.5. The lowest BCUT2D eigenvalue weighted by Crippen LogP contribution is -2.15. The van der Waals surface area contributed by atoms with Gasteiger partial charge in [-0.25, -0.2) is 0 Å². The predicted octanol–water partition coefficient (Wildman–Crippen LogP) is 4.15. The number of hydrogen-bond acceptors (Lipinski definition) is 2. The van der Waals surface area contributed by atoms with Crippen molar-refractivity contribution in [3.05, 3.63) is 29.3 Å². The summed E-state index contributed by atoms with van der Waals surface area (Å²) in [5.74, 6) is 0.978. The molecule has 0 saturated heterocycles. The molecule has 18 heavy (non-hydrogen) atoms. The van der Waals surface area contributed by atoms with Crippen LogP contribution in [0.1, 0.15) is 62.7 Å². The van der Waals surface area contributed by atoms with E-state index < -0.39 is 6.10 Å². The summed E-state index contributed by atoms with van der Waals surface area (Å²) in [4.78, 5) is 0. The van der Waals surface area contributed by atoms with Gasteiger partial charge < -0.3 is 9.84 Å². The number of aliphatic hydroxyl groups is 1. The van der Waals surface area contributed by atoms with Crippen LogP contribution in [0.25, 0.3) is 0 Å². The fourth-order valence-corrected chi connectivity index (χ4v) is 2.60. The Labute approximate surface area is 110 Å². The fraction of sp³-hybridized carbons (Fsp3) is 0.625. The summed E-state index contributed by atoms with van der Waals surface area (Å²) in [6, 6.07) is 5.99. The van der Waals surface area contributed by atoms with E-state index in [0.717, 1.165) is 16.9 Å². The Kier molecular flexibility index (Phi) is 4.65. The first-order valence-electron chi connectivity index (χ1n) is 7.12. The first-order chi connectivity index (χ1) is 8.66.